The highest BCUT2D eigenvalue weighted by Gasteiger charge is 2.19. The summed E-state index contributed by atoms with van der Waals surface area (Å²) in [6.07, 6.45) is 3.97. The summed E-state index contributed by atoms with van der Waals surface area (Å²) >= 11 is 0. The molecule has 0 radical (unpaired) electrons. The Hall–Kier alpha value is -1.76. The molecule has 1 heteroatoms. The van der Waals surface area contributed by atoms with E-state index in [2.05, 4.69) is 37.3 Å². The first-order chi connectivity index (χ1) is 8.74. The van der Waals surface area contributed by atoms with Gasteiger partial charge in [-0.3, -0.25) is 0 Å². The second-order valence-electron chi connectivity index (χ2n) is 5.27. The molecular formula is C17H18O. The van der Waals surface area contributed by atoms with E-state index in [1.807, 2.05) is 6.07 Å². The first-order valence-electron chi connectivity index (χ1n) is 6.64. The zero-order valence-corrected chi connectivity index (χ0v) is 10.7. The van der Waals surface area contributed by atoms with Gasteiger partial charge in [0.05, 0.1) is 0 Å². The van der Waals surface area contributed by atoms with Crippen LogP contribution in [0.1, 0.15) is 36.3 Å². The largest absolute Gasteiger partial charge is 0.507 e. The predicted octanol–water partition coefficient (Wildman–Crippen LogP) is 4.64. The molecular weight excluding hydrogens is 220 g/mol. The third kappa shape index (κ3) is 2.01. The maximum absolute atomic E-state index is 9.99. The van der Waals surface area contributed by atoms with Gasteiger partial charge in [0.2, 0.25) is 0 Å². The Morgan fingerprint density at radius 2 is 1.89 bits per heavy atom. The summed E-state index contributed by atoms with van der Waals surface area (Å²) in [7, 11) is 0. The quantitative estimate of drug-likeness (QED) is 0.808. The van der Waals surface area contributed by atoms with Crippen molar-refractivity contribution in [2.75, 3.05) is 0 Å². The lowest BCUT2D eigenvalue weighted by Crippen LogP contribution is -2.08. The van der Waals surface area contributed by atoms with Crippen molar-refractivity contribution in [1.82, 2.24) is 0 Å². The normalized spacial score (nSPS) is 15.4. The number of hydrogen-bond acceptors (Lipinski definition) is 1. The molecule has 1 nitrogen and oxygen atoms in total. The number of phenols is 1. The molecule has 0 spiro atoms. The van der Waals surface area contributed by atoms with Gasteiger partial charge in [-0.05, 0) is 48.9 Å². The minimum Gasteiger partial charge on any atom is -0.507 e. The number of aromatic hydroxyl groups is 1. The molecule has 1 aliphatic rings. The Morgan fingerprint density at radius 3 is 2.61 bits per heavy atom. The number of hydrogen-bond donors (Lipinski definition) is 1. The fraction of sp³-hybridized carbons (Fsp3) is 0.294. The molecule has 2 aromatic rings. The zero-order valence-electron chi connectivity index (χ0n) is 10.7. The minimum atomic E-state index is 0.367. The zero-order chi connectivity index (χ0) is 12.5. The van der Waals surface area contributed by atoms with Crippen LogP contribution in [0.2, 0.25) is 0 Å². The van der Waals surface area contributed by atoms with Gasteiger partial charge in [-0.1, -0.05) is 42.3 Å². The van der Waals surface area contributed by atoms with Crippen molar-refractivity contribution in [2.24, 2.45) is 0 Å². The van der Waals surface area contributed by atoms with Gasteiger partial charge in [-0.25, -0.2) is 0 Å². The van der Waals surface area contributed by atoms with E-state index < -0.39 is 0 Å². The molecule has 0 bridgehead atoms. The molecule has 0 aromatic heterocycles. The summed E-state index contributed by atoms with van der Waals surface area (Å²) in [6, 6.07) is 14.4. The SMILES string of the molecule is Cc1ccc(O)c(-c2cccc(C3CCC3)c2)c1. The van der Waals surface area contributed by atoms with Crippen LogP contribution < -0.4 is 0 Å². The highest BCUT2D eigenvalue weighted by atomic mass is 16.3. The average molecular weight is 238 g/mol. The molecule has 1 saturated carbocycles. The summed E-state index contributed by atoms with van der Waals surface area (Å²) in [4.78, 5) is 0. The van der Waals surface area contributed by atoms with E-state index in [0.29, 0.717) is 5.75 Å². The summed E-state index contributed by atoms with van der Waals surface area (Å²) in [5, 5.41) is 9.99. The van der Waals surface area contributed by atoms with Crippen LogP contribution in [0.3, 0.4) is 0 Å². The maximum Gasteiger partial charge on any atom is 0.123 e. The van der Waals surface area contributed by atoms with E-state index in [1.165, 1.54) is 30.4 Å². The first-order valence-corrected chi connectivity index (χ1v) is 6.64. The standard InChI is InChI=1S/C17H18O/c1-12-8-9-17(18)16(10-12)15-7-3-6-14(11-15)13-4-2-5-13/h3,6-11,13,18H,2,4-5H2,1H3. The molecule has 0 heterocycles. The fourth-order valence-corrected chi connectivity index (χ4v) is 2.58. The molecule has 0 atom stereocenters. The first kappa shape index (κ1) is 11.3. The van der Waals surface area contributed by atoms with Gasteiger partial charge < -0.3 is 5.11 Å². The van der Waals surface area contributed by atoms with Crippen molar-refractivity contribution in [2.45, 2.75) is 32.1 Å². The van der Waals surface area contributed by atoms with Crippen molar-refractivity contribution in [3.63, 3.8) is 0 Å². The molecule has 1 fully saturated rings. The maximum atomic E-state index is 9.99. The predicted molar refractivity (Wildman–Crippen MR) is 74.9 cm³/mol. The topological polar surface area (TPSA) is 20.2 Å². The van der Waals surface area contributed by atoms with Gasteiger partial charge in [-0.15, -0.1) is 0 Å². The Bertz CT molecular complexity index is 568. The van der Waals surface area contributed by atoms with Crippen LogP contribution in [0.4, 0.5) is 0 Å². The molecule has 1 N–H and O–H groups in total. The van der Waals surface area contributed by atoms with E-state index >= 15 is 0 Å². The van der Waals surface area contributed by atoms with Crippen LogP contribution >= 0.6 is 0 Å². The lowest BCUT2D eigenvalue weighted by Gasteiger charge is -2.26. The molecule has 92 valence electrons. The van der Waals surface area contributed by atoms with Crippen LogP contribution in [0.25, 0.3) is 11.1 Å². The Morgan fingerprint density at radius 1 is 1.06 bits per heavy atom. The van der Waals surface area contributed by atoms with Gasteiger partial charge in [0.15, 0.2) is 0 Å². The van der Waals surface area contributed by atoms with Crippen molar-refractivity contribution in [3.8, 4) is 16.9 Å². The van der Waals surface area contributed by atoms with Crippen molar-refractivity contribution in [3.05, 3.63) is 53.6 Å². The second-order valence-corrected chi connectivity index (χ2v) is 5.27. The van der Waals surface area contributed by atoms with E-state index in [9.17, 15) is 5.11 Å². The Balaban J connectivity index is 2.02. The molecule has 2 aromatic carbocycles. The summed E-state index contributed by atoms with van der Waals surface area (Å²) in [5.41, 5.74) is 4.66. The average Bonchev–Trinajstić information content (AvgIpc) is 2.30. The molecule has 0 saturated heterocycles. The summed E-state index contributed by atoms with van der Waals surface area (Å²) in [5.74, 6) is 1.10. The van der Waals surface area contributed by atoms with Crippen LogP contribution in [0.15, 0.2) is 42.5 Å². The number of phenolic OH excluding ortho intramolecular Hbond substituents is 1. The van der Waals surface area contributed by atoms with Crippen molar-refractivity contribution in [1.29, 1.82) is 0 Å². The monoisotopic (exact) mass is 238 g/mol. The van der Waals surface area contributed by atoms with E-state index in [1.54, 1.807) is 6.07 Å². The van der Waals surface area contributed by atoms with Gasteiger partial charge in [0.25, 0.3) is 0 Å². The number of aryl methyl sites for hydroxylation is 1. The van der Waals surface area contributed by atoms with Crippen LogP contribution in [0.5, 0.6) is 5.75 Å². The molecule has 0 amide bonds. The van der Waals surface area contributed by atoms with Crippen molar-refractivity contribution < 1.29 is 5.11 Å². The molecule has 3 rings (SSSR count). The molecule has 0 unspecified atom stereocenters. The highest BCUT2D eigenvalue weighted by molar-refractivity contribution is 5.71. The lowest BCUT2D eigenvalue weighted by molar-refractivity contribution is 0.420. The summed E-state index contributed by atoms with van der Waals surface area (Å²) in [6.45, 7) is 2.05. The minimum absolute atomic E-state index is 0.367. The lowest BCUT2D eigenvalue weighted by atomic mass is 9.79. The number of benzene rings is 2. The summed E-state index contributed by atoms with van der Waals surface area (Å²) < 4.78 is 0. The van der Waals surface area contributed by atoms with E-state index in [4.69, 9.17) is 0 Å². The third-order valence-electron chi connectivity index (χ3n) is 3.93. The second kappa shape index (κ2) is 4.49. The Kier molecular flexibility index (Phi) is 2.83. The van der Waals surface area contributed by atoms with Gasteiger partial charge in [-0.2, -0.15) is 0 Å². The smallest absolute Gasteiger partial charge is 0.123 e. The number of rotatable bonds is 2. The van der Waals surface area contributed by atoms with Crippen molar-refractivity contribution >= 4 is 0 Å². The molecule has 0 aliphatic heterocycles. The third-order valence-corrected chi connectivity index (χ3v) is 3.93. The highest BCUT2D eigenvalue weighted by Crippen LogP contribution is 2.38. The van der Waals surface area contributed by atoms with E-state index in [0.717, 1.165) is 17.0 Å². The molecule has 18 heavy (non-hydrogen) atoms. The van der Waals surface area contributed by atoms with Crippen LogP contribution in [0, 0.1) is 6.92 Å². The fourth-order valence-electron chi connectivity index (χ4n) is 2.58. The van der Waals surface area contributed by atoms with Gasteiger partial charge >= 0.3 is 0 Å². The van der Waals surface area contributed by atoms with E-state index in [-0.39, 0.29) is 0 Å². The molecule has 1 aliphatic carbocycles. The van der Waals surface area contributed by atoms with Crippen LogP contribution in [-0.2, 0) is 0 Å². The Labute approximate surface area is 108 Å². The van der Waals surface area contributed by atoms with Gasteiger partial charge in [0, 0.05) is 5.56 Å². The van der Waals surface area contributed by atoms with Crippen LogP contribution in [-0.4, -0.2) is 5.11 Å². The van der Waals surface area contributed by atoms with Gasteiger partial charge in [0.1, 0.15) is 5.75 Å².